The maximum absolute atomic E-state index is 6.59. The number of rotatable bonds is 3. The van der Waals surface area contributed by atoms with Crippen molar-refractivity contribution >= 4 is 96.9 Å². The Morgan fingerprint density at radius 3 is 2.02 bits per heavy atom. The van der Waals surface area contributed by atoms with Crippen LogP contribution >= 0.6 is 11.3 Å². The highest BCUT2D eigenvalue weighted by molar-refractivity contribution is 7.27. The molecule has 0 amide bonds. The predicted octanol–water partition coefficient (Wildman–Crippen LogP) is 13.5. The topological polar surface area (TPSA) is 43.9 Å². The average molecular weight is 694 g/mol. The van der Waals surface area contributed by atoms with Crippen molar-refractivity contribution < 1.29 is 4.42 Å². The number of fused-ring (bicyclic) bond motifs is 14. The molecule has 4 heterocycles. The molecule has 0 atom stereocenters. The fraction of sp³-hybridized carbons (Fsp3) is 0. The zero-order chi connectivity index (χ0) is 34.6. The van der Waals surface area contributed by atoms with Crippen molar-refractivity contribution in [1.82, 2.24) is 14.5 Å². The maximum Gasteiger partial charge on any atom is 0.236 e. The third kappa shape index (κ3) is 4.05. The van der Waals surface area contributed by atoms with Gasteiger partial charge in [-0.2, -0.15) is 0 Å². The molecule has 0 saturated heterocycles. The van der Waals surface area contributed by atoms with E-state index in [0.717, 1.165) is 44.3 Å². The van der Waals surface area contributed by atoms with Gasteiger partial charge in [0.1, 0.15) is 16.8 Å². The first-order valence-electron chi connectivity index (χ1n) is 17.8. The first kappa shape index (κ1) is 28.8. The number of furan rings is 1. The van der Waals surface area contributed by atoms with Crippen LogP contribution in [0.2, 0.25) is 0 Å². The second kappa shape index (κ2) is 10.8. The molecule has 0 N–H and O–H groups in total. The van der Waals surface area contributed by atoms with Gasteiger partial charge in [-0.15, -0.1) is 11.3 Å². The molecule has 0 spiro atoms. The molecule has 0 aliphatic carbocycles. The van der Waals surface area contributed by atoms with Crippen LogP contribution in [-0.4, -0.2) is 14.5 Å². The Labute approximate surface area is 306 Å². The number of para-hydroxylation sites is 2. The zero-order valence-corrected chi connectivity index (χ0v) is 29.1. The van der Waals surface area contributed by atoms with Crippen LogP contribution in [0.4, 0.5) is 0 Å². The molecule has 0 saturated carbocycles. The van der Waals surface area contributed by atoms with E-state index in [1.807, 2.05) is 29.5 Å². The van der Waals surface area contributed by atoms with Gasteiger partial charge in [0.05, 0.1) is 11.0 Å². The Hall–Kier alpha value is -6.82. The summed E-state index contributed by atoms with van der Waals surface area (Å²) < 4.78 is 11.4. The van der Waals surface area contributed by atoms with Crippen LogP contribution in [0.5, 0.6) is 0 Å². The van der Waals surface area contributed by atoms with Crippen molar-refractivity contribution in [2.45, 2.75) is 0 Å². The van der Waals surface area contributed by atoms with Crippen LogP contribution in [0.25, 0.3) is 114 Å². The largest absolute Gasteiger partial charge is 0.452 e. The molecule has 4 aromatic heterocycles. The molecule has 4 nitrogen and oxygen atoms in total. The van der Waals surface area contributed by atoms with Gasteiger partial charge < -0.3 is 4.42 Å². The van der Waals surface area contributed by atoms with Gasteiger partial charge in [-0.25, -0.2) is 9.97 Å². The molecule has 53 heavy (non-hydrogen) atoms. The number of benzene rings is 8. The Kier molecular flexibility index (Phi) is 5.90. The number of hydrogen-bond donors (Lipinski definition) is 0. The van der Waals surface area contributed by atoms with E-state index in [4.69, 9.17) is 14.4 Å². The van der Waals surface area contributed by atoms with Crippen LogP contribution in [-0.2, 0) is 0 Å². The fourth-order valence-electron chi connectivity index (χ4n) is 8.49. The van der Waals surface area contributed by atoms with Crippen LogP contribution in [0, 0.1) is 0 Å². The highest BCUT2D eigenvalue weighted by Crippen LogP contribution is 2.48. The fourth-order valence-corrected chi connectivity index (χ4v) is 9.77. The molecule has 0 bridgehead atoms. The second-order valence-corrected chi connectivity index (χ2v) is 14.7. The van der Waals surface area contributed by atoms with E-state index in [2.05, 4.69) is 150 Å². The Bertz CT molecular complexity index is 3450. The first-order valence-corrected chi connectivity index (χ1v) is 18.7. The number of aromatic nitrogens is 3. The molecular weight excluding hydrogens is 667 g/mol. The lowest BCUT2D eigenvalue weighted by atomic mass is 9.97. The SMILES string of the molecule is c1ccc2c(-c3ccc(-c4nc(-n5c6ccccc6c6c7sc8ccccc8c7c7ccccc7c65)nc5c4oc4ccccc45)cc3)cccc2c1. The summed E-state index contributed by atoms with van der Waals surface area (Å²) in [6.07, 6.45) is 0. The van der Waals surface area contributed by atoms with E-state index in [-0.39, 0.29) is 0 Å². The molecule has 0 radical (unpaired) electrons. The van der Waals surface area contributed by atoms with Gasteiger partial charge in [-0.05, 0) is 51.6 Å². The summed E-state index contributed by atoms with van der Waals surface area (Å²) in [5, 5.41) is 10.9. The summed E-state index contributed by atoms with van der Waals surface area (Å²) >= 11 is 1.87. The third-order valence-electron chi connectivity index (χ3n) is 10.8. The minimum atomic E-state index is 0.619. The molecule has 0 fully saturated rings. The normalized spacial score (nSPS) is 12.2. The van der Waals surface area contributed by atoms with Crippen LogP contribution in [0.1, 0.15) is 0 Å². The summed E-state index contributed by atoms with van der Waals surface area (Å²) in [5.41, 5.74) is 8.57. The number of hydrogen-bond acceptors (Lipinski definition) is 4. The quantitative estimate of drug-likeness (QED) is 0.185. The molecule has 12 rings (SSSR count). The van der Waals surface area contributed by atoms with Gasteiger partial charge in [0, 0.05) is 47.3 Å². The average Bonchev–Trinajstić information content (AvgIpc) is 3.91. The van der Waals surface area contributed by atoms with Crippen molar-refractivity contribution in [1.29, 1.82) is 0 Å². The van der Waals surface area contributed by atoms with E-state index >= 15 is 0 Å². The lowest BCUT2D eigenvalue weighted by Gasteiger charge is -2.12. The minimum Gasteiger partial charge on any atom is -0.452 e. The third-order valence-corrected chi connectivity index (χ3v) is 12.0. The summed E-state index contributed by atoms with van der Waals surface area (Å²) in [6, 6.07) is 58.1. The van der Waals surface area contributed by atoms with Crippen molar-refractivity contribution in [3.8, 4) is 28.3 Å². The number of thiophene rings is 1. The van der Waals surface area contributed by atoms with Gasteiger partial charge in [0.25, 0.3) is 0 Å². The summed E-state index contributed by atoms with van der Waals surface area (Å²) in [6.45, 7) is 0. The van der Waals surface area contributed by atoms with Crippen LogP contribution in [0.3, 0.4) is 0 Å². The monoisotopic (exact) mass is 693 g/mol. The highest BCUT2D eigenvalue weighted by Gasteiger charge is 2.25. The lowest BCUT2D eigenvalue weighted by molar-refractivity contribution is 0.666. The van der Waals surface area contributed by atoms with Crippen molar-refractivity contribution in [2.24, 2.45) is 0 Å². The summed E-state index contributed by atoms with van der Waals surface area (Å²) in [5.74, 6) is 0.619. The van der Waals surface area contributed by atoms with E-state index in [9.17, 15) is 0 Å². The zero-order valence-electron chi connectivity index (χ0n) is 28.2. The molecule has 5 heteroatoms. The predicted molar refractivity (Wildman–Crippen MR) is 222 cm³/mol. The van der Waals surface area contributed by atoms with Crippen molar-refractivity contribution in [3.05, 3.63) is 164 Å². The van der Waals surface area contributed by atoms with Crippen molar-refractivity contribution in [3.63, 3.8) is 0 Å². The Morgan fingerprint density at radius 2 is 1.15 bits per heavy atom. The van der Waals surface area contributed by atoms with Gasteiger partial charge in [0.2, 0.25) is 5.95 Å². The molecular formula is C48H27N3OS. The summed E-state index contributed by atoms with van der Waals surface area (Å²) in [4.78, 5) is 10.8. The van der Waals surface area contributed by atoms with Gasteiger partial charge in [-0.3, -0.25) is 4.57 Å². The van der Waals surface area contributed by atoms with E-state index < -0.39 is 0 Å². The number of nitrogens with zero attached hydrogens (tertiary/aromatic N) is 3. The van der Waals surface area contributed by atoms with Gasteiger partial charge in [-0.1, -0.05) is 140 Å². The smallest absolute Gasteiger partial charge is 0.236 e. The Morgan fingerprint density at radius 1 is 0.491 bits per heavy atom. The first-order chi connectivity index (χ1) is 26.3. The lowest BCUT2D eigenvalue weighted by Crippen LogP contribution is -2.03. The Balaban J connectivity index is 1.18. The van der Waals surface area contributed by atoms with Crippen LogP contribution < -0.4 is 0 Å². The van der Waals surface area contributed by atoms with Crippen molar-refractivity contribution in [2.75, 3.05) is 0 Å². The van der Waals surface area contributed by atoms with E-state index in [1.54, 1.807) is 0 Å². The molecule has 8 aromatic carbocycles. The molecule has 0 unspecified atom stereocenters. The molecule has 12 aromatic rings. The maximum atomic E-state index is 6.59. The van der Waals surface area contributed by atoms with Crippen LogP contribution in [0.15, 0.2) is 168 Å². The molecule has 246 valence electrons. The molecule has 0 aliphatic rings. The second-order valence-electron chi connectivity index (χ2n) is 13.7. The summed E-state index contributed by atoms with van der Waals surface area (Å²) in [7, 11) is 0. The van der Waals surface area contributed by atoms with Gasteiger partial charge in [0.15, 0.2) is 5.58 Å². The standard InChI is InChI=1S/C48H27N3OS/c1-2-14-31-28(12-1)13-11-20-32(31)29-24-26-30(27-25-29)43-46-44(36-18-6-9-22-39(36)52-46)50-48(49-43)51-38-21-8-5-17-35(38)42-45(51)34-16-4-3-15-33(34)41-37-19-7-10-23-40(37)53-47(41)42/h1-27H. The highest BCUT2D eigenvalue weighted by atomic mass is 32.1. The molecule has 0 aliphatic heterocycles. The van der Waals surface area contributed by atoms with Gasteiger partial charge >= 0.3 is 0 Å². The van der Waals surface area contributed by atoms with E-state index in [1.165, 1.54) is 58.1 Å². The minimum absolute atomic E-state index is 0.619. The van der Waals surface area contributed by atoms with E-state index in [0.29, 0.717) is 11.5 Å².